The zero-order valence-corrected chi connectivity index (χ0v) is 11.8. The molecule has 1 aliphatic heterocycles. The molecule has 1 atom stereocenters. The molecule has 2 heterocycles. The van der Waals surface area contributed by atoms with Gasteiger partial charge in [0, 0.05) is 12.6 Å². The molecule has 0 unspecified atom stereocenters. The molecule has 20 heavy (non-hydrogen) atoms. The zero-order valence-electron chi connectivity index (χ0n) is 10.9. The van der Waals surface area contributed by atoms with E-state index in [9.17, 15) is 9.59 Å². The van der Waals surface area contributed by atoms with Crippen molar-refractivity contribution in [2.45, 2.75) is 42.9 Å². The molecule has 1 aromatic rings. The average Bonchev–Trinajstić information content (AvgIpc) is 2.97. The van der Waals surface area contributed by atoms with Crippen molar-refractivity contribution >= 4 is 23.6 Å². The fourth-order valence-electron chi connectivity index (χ4n) is 2.47. The van der Waals surface area contributed by atoms with Gasteiger partial charge in [-0.25, -0.2) is 4.79 Å². The van der Waals surface area contributed by atoms with Gasteiger partial charge in [0.2, 0.25) is 5.91 Å². The second-order valence-corrected chi connectivity index (χ2v) is 6.07. The van der Waals surface area contributed by atoms with Gasteiger partial charge in [-0.2, -0.15) is 0 Å². The molecule has 0 aromatic carbocycles. The minimum absolute atomic E-state index is 0.134. The number of hydrogen-bond donors (Lipinski definition) is 1. The van der Waals surface area contributed by atoms with Crippen LogP contribution in [0.15, 0.2) is 11.5 Å². The highest BCUT2D eigenvalue weighted by Gasteiger charge is 2.34. The summed E-state index contributed by atoms with van der Waals surface area (Å²) in [4.78, 5) is 24.7. The smallest absolute Gasteiger partial charge is 0.326 e. The first-order valence-electron chi connectivity index (χ1n) is 6.71. The van der Waals surface area contributed by atoms with Crippen molar-refractivity contribution in [3.05, 3.63) is 6.33 Å². The summed E-state index contributed by atoms with van der Waals surface area (Å²) >= 11 is 1.34. The van der Waals surface area contributed by atoms with Crippen molar-refractivity contribution < 1.29 is 14.7 Å². The SMILES string of the molecule is O=C(O)[C@@H]1CCCN1C(=O)CSc1nncn1C1CC1. The van der Waals surface area contributed by atoms with Gasteiger partial charge in [0.25, 0.3) is 0 Å². The molecule has 3 rings (SSSR count). The first-order chi connectivity index (χ1) is 9.66. The van der Waals surface area contributed by atoms with Crippen molar-refractivity contribution in [1.82, 2.24) is 19.7 Å². The van der Waals surface area contributed by atoms with Crippen molar-refractivity contribution in [2.24, 2.45) is 0 Å². The van der Waals surface area contributed by atoms with Crippen LogP contribution in [0.25, 0.3) is 0 Å². The van der Waals surface area contributed by atoms with Crippen molar-refractivity contribution in [3.8, 4) is 0 Å². The van der Waals surface area contributed by atoms with Gasteiger partial charge in [0.1, 0.15) is 12.4 Å². The van der Waals surface area contributed by atoms with Crippen LogP contribution in [0, 0.1) is 0 Å². The standard InChI is InChI=1S/C12H16N4O3S/c17-10(15-5-1-2-9(15)11(18)19)6-20-12-14-13-7-16(12)8-3-4-8/h7-9H,1-6H2,(H,18,19)/t9-/m0/s1. The molecule has 0 radical (unpaired) electrons. The fraction of sp³-hybridized carbons (Fsp3) is 0.667. The molecule has 1 aliphatic carbocycles. The Balaban J connectivity index is 1.59. The van der Waals surface area contributed by atoms with E-state index >= 15 is 0 Å². The molecule has 1 N–H and O–H groups in total. The number of carbonyl (C=O) groups excluding carboxylic acids is 1. The quantitative estimate of drug-likeness (QED) is 0.808. The van der Waals surface area contributed by atoms with Crippen LogP contribution in [-0.2, 0) is 9.59 Å². The van der Waals surface area contributed by atoms with Crippen LogP contribution in [0.4, 0.5) is 0 Å². The molecule has 2 aliphatic rings. The Morgan fingerprint density at radius 1 is 1.40 bits per heavy atom. The maximum absolute atomic E-state index is 12.1. The van der Waals surface area contributed by atoms with E-state index in [2.05, 4.69) is 10.2 Å². The van der Waals surface area contributed by atoms with Crippen molar-refractivity contribution in [1.29, 1.82) is 0 Å². The second-order valence-electron chi connectivity index (χ2n) is 5.12. The maximum atomic E-state index is 12.1. The van der Waals surface area contributed by atoms with Gasteiger partial charge in [-0.05, 0) is 25.7 Å². The number of carboxylic acids is 1. The van der Waals surface area contributed by atoms with Gasteiger partial charge < -0.3 is 14.6 Å². The highest BCUT2D eigenvalue weighted by molar-refractivity contribution is 7.99. The lowest BCUT2D eigenvalue weighted by molar-refractivity contribution is -0.147. The van der Waals surface area contributed by atoms with Crippen LogP contribution in [0.1, 0.15) is 31.7 Å². The number of likely N-dealkylation sites (tertiary alicyclic amines) is 1. The normalized spacial score (nSPS) is 22.2. The number of carbonyl (C=O) groups is 2. The van der Waals surface area contributed by atoms with Crippen LogP contribution < -0.4 is 0 Å². The van der Waals surface area contributed by atoms with E-state index < -0.39 is 12.0 Å². The van der Waals surface area contributed by atoms with Gasteiger partial charge in [0.15, 0.2) is 5.16 Å². The molecule has 2 fully saturated rings. The third-order valence-corrected chi connectivity index (χ3v) is 4.61. The Kier molecular flexibility index (Phi) is 3.64. The molecule has 7 nitrogen and oxygen atoms in total. The molecular weight excluding hydrogens is 280 g/mol. The lowest BCUT2D eigenvalue weighted by Crippen LogP contribution is -2.41. The number of amides is 1. The van der Waals surface area contributed by atoms with E-state index in [1.807, 2.05) is 4.57 Å². The van der Waals surface area contributed by atoms with Gasteiger partial charge in [-0.15, -0.1) is 10.2 Å². The van der Waals surface area contributed by atoms with Crippen LogP contribution in [0.5, 0.6) is 0 Å². The van der Waals surface area contributed by atoms with Crippen LogP contribution in [0.2, 0.25) is 0 Å². The summed E-state index contributed by atoms with van der Waals surface area (Å²) in [7, 11) is 0. The Labute approximate surface area is 120 Å². The number of aliphatic carboxylic acids is 1. The average molecular weight is 296 g/mol. The van der Waals surface area contributed by atoms with Crippen molar-refractivity contribution in [2.75, 3.05) is 12.3 Å². The summed E-state index contributed by atoms with van der Waals surface area (Å²) < 4.78 is 2.00. The Morgan fingerprint density at radius 2 is 2.20 bits per heavy atom. The predicted octanol–water partition coefficient (Wildman–Crippen LogP) is 0.781. The third kappa shape index (κ3) is 2.65. The van der Waals surface area contributed by atoms with Gasteiger partial charge in [0.05, 0.1) is 5.75 Å². The van der Waals surface area contributed by atoms with Crippen LogP contribution in [0.3, 0.4) is 0 Å². The summed E-state index contributed by atoms with van der Waals surface area (Å²) in [6.45, 7) is 0.533. The predicted molar refractivity (Wildman–Crippen MR) is 71.4 cm³/mol. The number of thioether (sulfide) groups is 1. The Morgan fingerprint density at radius 3 is 2.90 bits per heavy atom. The number of rotatable bonds is 5. The maximum Gasteiger partial charge on any atom is 0.326 e. The number of nitrogens with zero attached hydrogens (tertiary/aromatic N) is 4. The Hall–Kier alpha value is -1.57. The van der Waals surface area contributed by atoms with E-state index in [0.717, 1.165) is 24.4 Å². The molecule has 1 aromatic heterocycles. The van der Waals surface area contributed by atoms with E-state index in [4.69, 9.17) is 5.11 Å². The minimum atomic E-state index is -0.915. The summed E-state index contributed by atoms with van der Waals surface area (Å²) in [5.74, 6) is -0.831. The number of aromatic nitrogens is 3. The molecule has 108 valence electrons. The molecule has 0 bridgehead atoms. The Bertz CT molecular complexity index is 529. The molecule has 1 saturated carbocycles. The summed E-state index contributed by atoms with van der Waals surface area (Å²) in [6.07, 6.45) is 5.26. The van der Waals surface area contributed by atoms with E-state index in [0.29, 0.717) is 19.0 Å². The minimum Gasteiger partial charge on any atom is -0.480 e. The van der Waals surface area contributed by atoms with Crippen molar-refractivity contribution in [3.63, 3.8) is 0 Å². The topological polar surface area (TPSA) is 88.3 Å². The van der Waals surface area contributed by atoms with Gasteiger partial charge in [-0.1, -0.05) is 11.8 Å². The van der Waals surface area contributed by atoms with Crippen LogP contribution >= 0.6 is 11.8 Å². The first-order valence-corrected chi connectivity index (χ1v) is 7.70. The lowest BCUT2D eigenvalue weighted by atomic mass is 10.2. The first kappa shape index (κ1) is 13.4. The van der Waals surface area contributed by atoms with E-state index in [1.165, 1.54) is 16.7 Å². The molecule has 1 amide bonds. The number of hydrogen-bond acceptors (Lipinski definition) is 5. The number of carboxylic acid groups (broad SMARTS) is 1. The van der Waals surface area contributed by atoms with Gasteiger partial charge in [-0.3, -0.25) is 4.79 Å². The molecule has 8 heteroatoms. The van der Waals surface area contributed by atoms with Crippen LogP contribution in [-0.4, -0.2) is 55.0 Å². The summed E-state index contributed by atoms with van der Waals surface area (Å²) in [5.41, 5.74) is 0. The largest absolute Gasteiger partial charge is 0.480 e. The van der Waals surface area contributed by atoms with Gasteiger partial charge >= 0.3 is 5.97 Å². The zero-order chi connectivity index (χ0) is 14.1. The monoisotopic (exact) mass is 296 g/mol. The summed E-state index contributed by atoms with van der Waals surface area (Å²) in [6, 6.07) is -0.189. The summed E-state index contributed by atoms with van der Waals surface area (Å²) in [5, 5.41) is 17.7. The molecule has 1 saturated heterocycles. The highest BCUT2D eigenvalue weighted by Crippen LogP contribution is 2.37. The van der Waals surface area contributed by atoms with E-state index in [-0.39, 0.29) is 11.7 Å². The second kappa shape index (κ2) is 5.43. The third-order valence-electron chi connectivity index (χ3n) is 3.66. The van der Waals surface area contributed by atoms with E-state index in [1.54, 1.807) is 6.33 Å². The fourth-order valence-corrected chi connectivity index (χ4v) is 3.34. The lowest BCUT2D eigenvalue weighted by Gasteiger charge is -2.21. The highest BCUT2D eigenvalue weighted by atomic mass is 32.2. The molecular formula is C12H16N4O3S. The molecule has 0 spiro atoms.